The number of aromatic nitrogens is 1. The highest BCUT2D eigenvalue weighted by Gasteiger charge is 2.37. The number of hydrogen-bond acceptors (Lipinski definition) is 4. The van der Waals surface area contributed by atoms with E-state index in [4.69, 9.17) is 4.74 Å². The molecule has 0 aromatic carbocycles. The fourth-order valence-corrected chi connectivity index (χ4v) is 2.36. The highest BCUT2D eigenvalue weighted by Crippen LogP contribution is 2.33. The van der Waals surface area contributed by atoms with Crippen molar-refractivity contribution in [2.45, 2.75) is 51.7 Å². The van der Waals surface area contributed by atoms with Gasteiger partial charge in [0.1, 0.15) is 11.7 Å². The van der Waals surface area contributed by atoms with Gasteiger partial charge in [-0.15, -0.1) is 0 Å². The van der Waals surface area contributed by atoms with E-state index in [0.717, 1.165) is 25.0 Å². The molecule has 1 atom stereocenters. The molecule has 9 heteroatoms. The number of nitrogens with zero attached hydrogens (tertiary/aromatic N) is 1. The van der Waals surface area contributed by atoms with Gasteiger partial charge in [-0.25, -0.2) is 4.98 Å². The monoisotopic (exact) mass is 387 g/mol. The van der Waals surface area contributed by atoms with Gasteiger partial charge in [0.15, 0.2) is 0 Å². The Bertz CT molecular complexity index is 676. The zero-order valence-corrected chi connectivity index (χ0v) is 15.4. The number of hydrogen-bond donors (Lipinski definition) is 2. The first-order valence-electron chi connectivity index (χ1n) is 9.05. The lowest BCUT2D eigenvalue weighted by molar-refractivity contribution is -0.138. The third-order valence-electron chi connectivity index (χ3n) is 4.13. The van der Waals surface area contributed by atoms with Crippen LogP contribution in [-0.4, -0.2) is 36.0 Å². The summed E-state index contributed by atoms with van der Waals surface area (Å²) in [6, 6.07) is 0.943. The summed E-state index contributed by atoms with van der Waals surface area (Å²) in [7, 11) is 0. The molecule has 0 radical (unpaired) electrons. The van der Waals surface area contributed by atoms with Crippen LogP contribution in [0.15, 0.2) is 12.1 Å². The fourth-order valence-electron chi connectivity index (χ4n) is 2.36. The number of carbonyl (C=O) groups excluding carboxylic acids is 2. The molecule has 1 heterocycles. The number of pyridine rings is 1. The Morgan fingerprint density at radius 1 is 1.30 bits per heavy atom. The van der Waals surface area contributed by atoms with E-state index >= 15 is 0 Å². The summed E-state index contributed by atoms with van der Waals surface area (Å²) in [5.41, 5.74) is -1.96. The Balaban J connectivity index is 2.19. The molecule has 0 bridgehead atoms. The summed E-state index contributed by atoms with van der Waals surface area (Å²) >= 11 is 0. The SMILES string of the molecule is CCCNC(=O)C(CC)NC(=O)c1nc(OCC2CC2)ccc1C(F)(F)F. The minimum Gasteiger partial charge on any atom is -0.477 e. The van der Waals surface area contributed by atoms with Crippen LogP contribution in [0.4, 0.5) is 13.2 Å². The van der Waals surface area contributed by atoms with Crippen molar-refractivity contribution in [3.63, 3.8) is 0 Å². The molecule has 2 amide bonds. The number of alkyl halides is 3. The molecule has 1 aliphatic rings. The third-order valence-corrected chi connectivity index (χ3v) is 4.13. The van der Waals surface area contributed by atoms with Crippen molar-refractivity contribution in [3.05, 3.63) is 23.4 Å². The molecule has 1 aromatic rings. The summed E-state index contributed by atoms with van der Waals surface area (Å²) in [5, 5.41) is 4.95. The Morgan fingerprint density at radius 3 is 2.56 bits per heavy atom. The van der Waals surface area contributed by atoms with Crippen LogP contribution in [0.25, 0.3) is 0 Å². The maximum Gasteiger partial charge on any atom is 0.418 e. The molecule has 2 rings (SSSR count). The molecule has 2 N–H and O–H groups in total. The van der Waals surface area contributed by atoms with Gasteiger partial charge in [0.25, 0.3) is 5.91 Å². The predicted molar refractivity (Wildman–Crippen MR) is 92.3 cm³/mol. The number of rotatable bonds is 9. The lowest BCUT2D eigenvalue weighted by Gasteiger charge is -2.18. The van der Waals surface area contributed by atoms with Crippen molar-refractivity contribution in [1.82, 2.24) is 15.6 Å². The second kappa shape index (κ2) is 9.05. The van der Waals surface area contributed by atoms with Crippen LogP contribution in [0.2, 0.25) is 0 Å². The van der Waals surface area contributed by atoms with E-state index in [0.29, 0.717) is 25.5 Å². The van der Waals surface area contributed by atoms with E-state index in [-0.39, 0.29) is 12.3 Å². The van der Waals surface area contributed by atoms with Crippen molar-refractivity contribution < 1.29 is 27.5 Å². The molecule has 150 valence electrons. The smallest absolute Gasteiger partial charge is 0.418 e. The standard InChI is InChI=1S/C18H24F3N3O3/c1-3-9-22-16(25)13(4-2)23-17(26)15-12(18(19,20)21)7-8-14(24-15)27-10-11-5-6-11/h7-8,11,13H,3-6,9-10H2,1-2H3,(H,22,25)(H,23,26). The molecule has 6 nitrogen and oxygen atoms in total. The summed E-state index contributed by atoms with van der Waals surface area (Å²) in [6.45, 7) is 4.30. The van der Waals surface area contributed by atoms with Crippen molar-refractivity contribution in [1.29, 1.82) is 0 Å². The first kappa shape index (κ1) is 21.0. The van der Waals surface area contributed by atoms with Gasteiger partial charge in [0.05, 0.1) is 12.2 Å². The van der Waals surface area contributed by atoms with E-state index in [9.17, 15) is 22.8 Å². The summed E-state index contributed by atoms with van der Waals surface area (Å²) in [4.78, 5) is 28.3. The second-order valence-corrected chi connectivity index (χ2v) is 6.52. The van der Waals surface area contributed by atoms with Crippen LogP contribution in [0.3, 0.4) is 0 Å². The minimum absolute atomic E-state index is 0.0384. The van der Waals surface area contributed by atoms with Gasteiger partial charge in [0, 0.05) is 12.6 Å². The van der Waals surface area contributed by atoms with Gasteiger partial charge in [-0.1, -0.05) is 13.8 Å². The van der Waals surface area contributed by atoms with Crippen molar-refractivity contribution in [3.8, 4) is 5.88 Å². The predicted octanol–water partition coefficient (Wildman–Crippen LogP) is 2.92. The topological polar surface area (TPSA) is 80.3 Å². The van der Waals surface area contributed by atoms with Crippen LogP contribution in [-0.2, 0) is 11.0 Å². The van der Waals surface area contributed by atoms with Gasteiger partial charge < -0.3 is 15.4 Å². The normalized spacial score (nSPS) is 15.1. The Labute approximate surface area is 155 Å². The zero-order chi connectivity index (χ0) is 20.0. The average Bonchev–Trinajstić information content (AvgIpc) is 3.45. The molecular weight excluding hydrogens is 363 g/mol. The van der Waals surface area contributed by atoms with Crippen LogP contribution in [0.5, 0.6) is 5.88 Å². The highest BCUT2D eigenvalue weighted by atomic mass is 19.4. The number of nitrogens with one attached hydrogen (secondary N) is 2. The van der Waals surface area contributed by atoms with Crippen LogP contribution >= 0.6 is 0 Å². The average molecular weight is 387 g/mol. The minimum atomic E-state index is -4.75. The quantitative estimate of drug-likeness (QED) is 0.683. The van der Waals surface area contributed by atoms with Crippen LogP contribution < -0.4 is 15.4 Å². The molecule has 1 aromatic heterocycles. The zero-order valence-electron chi connectivity index (χ0n) is 15.4. The molecule has 0 saturated heterocycles. The van der Waals surface area contributed by atoms with Crippen LogP contribution in [0.1, 0.15) is 55.6 Å². The molecule has 0 spiro atoms. The lowest BCUT2D eigenvalue weighted by atomic mass is 10.1. The maximum atomic E-state index is 13.3. The summed E-state index contributed by atoms with van der Waals surface area (Å²) in [6.07, 6.45) is -1.78. The van der Waals surface area contributed by atoms with E-state index in [1.165, 1.54) is 0 Å². The Kier molecular flexibility index (Phi) is 7.04. The number of halogens is 3. The van der Waals surface area contributed by atoms with Crippen molar-refractivity contribution >= 4 is 11.8 Å². The third kappa shape index (κ3) is 6.11. The number of ether oxygens (including phenoxy) is 1. The van der Waals surface area contributed by atoms with E-state index in [1.54, 1.807) is 6.92 Å². The molecule has 0 aliphatic heterocycles. The Morgan fingerprint density at radius 2 is 2.00 bits per heavy atom. The molecule has 1 saturated carbocycles. The van der Waals surface area contributed by atoms with E-state index < -0.39 is 35.3 Å². The fraction of sp³-hybridized carbons (Fsp3) is 0.611. The highest BCUT2D eigenvalue weighted by molar-refractivity contribution is 5.97. The van der Waals surface area contributed by atoms with E-state index in [1.807, 2.05) is 6.92 Å². The van der Waals surface area contributed by atoms with Gasteiger partial charge in [-0.3, -0.25) is 9.59 Å². The summed E-state index contributed by atoms with van der Waals surface area (Å²) < 4.78 is 45.2. The Hall–Kier alpha value is -2.32. The molecular formula is C18H24F3N3O3. The molecule has 1 fully saturated rings. The van der Waals surface area contributed by atoms with Crippen molar-refractivity contribution in [2.75, 3.05) is 13.2 Å². The van der Waals surface area contributed by atoms with Gasteiger partial charge >= 0.3 is 6.18 Å². The van der Waals surface area contributed by atoms with Gasteiger partial charge in [0.2, 0.25) is 11.8 Å². The van der Waals surface area contributed by atoms with Gasteiger partial charge in [-0.2, -0.15) is 13.2 Å². The number of amides is 2. The largest absolute Gasteiger partial charge is 0.477 e. The van der Waals surface area contributed by atoms with E-state index in [2.05, 4.69) is 15.6 Å². The number of carbonyl (C=O) groups is 2. The molecule has 27 heavy (non-hydrogen) atoms. The lowest BCUT2D eigenvalue weighted by Crippen LogP contribution is -2.47. The maximum absolute atomic E-state index is 13.3. The van der Waals surface area contributed by atoms with Gasteiger partial charge in [-0.05, 0) is 37.7 Å². The van der Waals surface area contributed by atoms with Crippen molar-refractivity contribution in [2.24, 2.45) is 5.92 Å². The van der Waals surface area contributed by atoms with Crippen LogP contribution in [0, 0.1) is 5.92 Å². The molecule has 1 aliphatic carbocycles. The second-order valence-electron chi connectivity index (χ2n) is 6.52. The first-order valence-corrected chi connectivity index (χ1v) is 9.05. The summed E-state index contributed by atoms with van der Waals surface area (Å²) in [5.74, 6) is -1.15. The molecule has 1 unspecified atom stereocenters. The first-order chi connectivity index (χ1) is 12.8.